The van der Waals surface area contributed by atoms with E-state index in [2.05, 4.69) is 5.32 Å². The Balaban J connectivity index is 1.69. The van der Waals surface area contributed by atoms with Gasteiger partial charge in [0.15, 0.2) is 0 Å². The van der Waals surface area contributed by atoms with Crippen LogP contribution in [0.2, 0.25) is 10.0 Å². The fraction of sp³-hybridized carbons (Fsp3) is 0.400. The number of halogens is 2. The minimum absolute atomic E-state index is 0.0440. The first-order valence-electron chi connectivity index (χ1n) is 11.1. The molecule has 1 heterocycles. The third-order valence-electron chi connectivity index (χ3n) is 6.40. The molecule has 8 heteroatoms. The van der Waals surface area contributed by atoms with Crippen LogP contribution in [-0.4, -0.2) is 40.9 Å². The van der Waals surface area contributed by atoms with Gasteiger partial charge in [-0.3, -0.25) is 14.4 Å². The number of carboxylic acid groups (broad SMARTS) is 1. The average Bonchev–Trinajstić information content (AvgIpc) is 3.60. The van der Waals surface area contributed by atoms with Crippen LogP contribution in [0.25, 0.3) is 0 Å². The third kappa shape index (κ3) is 5.87. The maximum Gasteiger partial charge on any atom is 0.322 e. The number of likely N-dealkylation sites (tertiary alicyclic amines) is 1. The van der Waals surface area contributed by atoms with Gasteiger partial charge in [0.05, 0.1) is 6.04 Å². The normalized spacial score (nSPS) is 22.8. The van der Waals surface area contributed by atoms with E-state index in [9.17, 15) is 14.4 Å². The molecule has 0 bridgehead atoms. The lowest BCUT2D eigenvalue weighted by atomic mass is 9.74. The van der Waals surface area contributed by atoms with Crippen molar-refractivity contribution < 1.29 is 19.5 Å². The van der Waals surface area contributed by atoms with Crippen LogP contribution in [0.15, 0.2) is 48.5 Å². The molecule has 1 aliphatic carbocycles. The second kappa shape index (κ2) is 10.1. The molecule has 6 nitrogen and oxygen atoms in total. The van der Waals surface area contributed by atoms with E-state index in [-0.39, 0.29) is 24.3 Å². The molecule has 1 saturated heterocycles. The fourth-order valence-corrected chi connectivity index (χ4v) is 5.00. The number of rotatable bonds is 8. The monoisotopic (exact) mass is 488 g/mol. The van der Waals surface area contributed by atoms with Gasteiger partial charge in [0, 0.05) is 34.8 Å². The lowest BCUT2D eigenvalue weighted by molar-refractivity contribution is -0.146. The molecule has 3 atom stereocenters. The molecule has 1 saturated carbocycles. The highest BCUT2D eigenvalue weighted by molar-refractivity contribution is 6.30. The summed E-state index contributed by atoms with van der Waals surface area (Å²) in [6.45, 7) is 0.174. The quantitative estimate of drug-likeness (QED) is 0.565. The van der Waals surface area contributed by atoms with Gasteiger partial charge < -0.3 is 15.3 Å². The average molecular weight is 489 g/mol. The van der Waals surface area contributed by atoms with E-state index < -0.39 is 24.3 Å². The van der Waals surface area contributed by atoms with Crippen molar-refractivity contribution in [2.75, 3.05) is 13.1 Å². The highest BCUT2D eigenvalue weighted by Crippen LogP contribution is 2.48. The van der Waals surface area contributed by atoms with Crippen molar-refractivity contribution in [1.82, 2.24) is 10.2 Å². The van der Waals surface area contributed by atoms with Crippen molar-refractivity contribution >= 4 is 41.0 Å². The van der Waals surface area contributed by atoms with E-state index in [0.29, 0.717) is 28.9 Å². The SMILES string of the molecule is O=C(O)CNC(=O)C[C@H]1CC(c2cccc(Cl)c2)[C@@H](c2ccc(Cl)cc2)N(CC2CC2)C1=O. The van der Waals surface area contributed by atoms with Crippen molar-refractivity contribution in [2.24, 2.45) is 11.8 Å². The Morgan fingerprint density at radius 3 is 2.39 bits per heavy atom. The predicted molar refractivity (Wildman–Crippen MR) is 126 cm³/mol. The number of amides is 2. The largest absolute Gasteiger partial charge is 0.480 e. The summed E-state index contributed by atoms with van der Waals surface area (Å²) in [6.07, 6.45) is 2.59. The molecule has 2 amide bonds. The number of piperidine rings is 1. The van der Waals surface area contributed by atoms with Gasteiger partial charge in [-0.2, -0.15) is 0 Å². The van der Waals surface area contributed by atoms with Gasteiger partial charge in [-0.1, -0.05) is 47.5 Å². The first-order valence-corrected chi connectivity index (χ1v) is 11.9. The van der Waals surface area contributed by atoms with E-state index in [1.807, 2.05) is 53.4 Å². The summed E-state index contributed by atoms with van der Waals surface area (Å²) in [5, 5.41) is 12.5. The van der Waals surface area contributed by atoms with Crippen molar-refractivity contribution in [3.63, 3.8) is 0 Å². The van der Waals surface area contributed by atoms with Gasteiger partial charge in [-0.15, -0.1) is 0 Å². The molecule has 4 rings (SSSR count). The smallest absolute Gasteiger partial charge is 0.322 e. The summed E-state index contributed by atoms with van der Waals surface area (Å²) >= 11 is 12.4. The molecular formula is C25H26Cl2N2O4. The maximum absolute atomic E-state index is 13.6. The van der Waals surface area contributed by atoms with Crippen molar-refractivity contribution in [3.05, 3.63) is 69.7 Å². The lowest BCUT2D eigenvalue weighted by Crippen LogP contribution is -2.48. The number of benzene rings is 2. The lowest BCUT2D eigenvalue weighted by Gasteiger charge is -2.45. The zero-order valence-electron chi connectivity index (χ0n) is 18.0. The van der Waals surface area contributed by atoms with E-state index in [1.165, 1.54) is 0 Å². The highest BCUT2D eigenvalue weighted by Gasteiger charge is 2.45. The van der Waals surface area contributed by atoms with Crippen LogP contribution in [0.5, 0.6) is 0 Å². The fourth-order valence-electron chi connectivity index (χ4n) is 4.68. The van der Waals surface area contributed by atoms with Crippen LogP contribution < -0.4 is 5.32 Å². The Morgan fingerprint density at radius 1 is 1.03 bits per heavy atom. The zero-order valence-corrected chi connectivity index (χ0v) is 19.6. The van der Waals surface area contributed by atoms with Gasteiger partial charge in [0.2, 0.25) is 11.8 Å². The number of hydrogen-bond donors (Lipinski definition) is 2. The van der Waals surface area contributed by atoms with E-state index in [0.717, 1.165) is 24.0 Å². The van der Waals surface area contributed by atoms with Crippen molar-refractivity contribution in [2.45, 2.75) is 37.6 Å². The van der Waals surface area contributed by atoms with Crippen LogP contribution in [0.4, 0.5) is 0 Å². The van der Waals surface area contributed by atoms with Gasteiger partial charge in [0.1, 0.15) is 6.54 Å². The molecule has 2 aliphatic rings. The Bertz CT molecular complexity index is 1040. The highest BCUT2D eigenvalue weighted by atomic mass is 35.5. The van der Waals surface area contributed by atoms with E-state index in [1.54, 1.807) is 0 Å². The number of carbonyl (C=O) groups is 3. The number of aliphatic carboxylic acids is 1. The van der Waals surface area contributed by atoms with Crippen LogP contribution in [-0.2, 0) is 14.4 Å². The van der Waals surface area contributed by atoms with E-state index >= 15 is 0 Å². The molecule has 174 valence electrons. The minimum atomic E-state index is -1.12. The van der Waals surface area contributed by atoms with Gasteiger partial charge >= 0.3 is 5.97 Å². The standard InChI is InChI=1S/C25H26Cl2N2O4/c26-19-8-6-16(7-9-19)24-21(17-2-1-3-20(27)10-17)11-18(12-22(30)28-13-23(31)32)25(33)29(24)14-15-4-5-15/h1-3,6-10,15,18,21,24H,4-5,11-14H2,(H,28,30)(H,31,32)/t18-,21?,24-/m1/s1. The van der Waals surface area contributed by atoms with E-state index in [4.69, 9.17) is 28.3 Å². The Hall–Kier alpha value is -2.57. The molecule has 2 aromatic rings. The third-order valence-corrected chi connectivity index (χ3v) is 6.88. The Kier molecular flexibility index (Phi) is 7.25. The van der Waals surface area contributed by atoms with Gasteiger partial charge in [0.25, 0.3) is 0 Å². The number of carbonyl (C=O) groups excluding carboxylic acids is 2. The second-order valence-corrected chi connectivity index (χ2v) is 9.77. The number of nitrogens with zero attached hydrogens (tertiary/aromatic N) is 1. The predicted octanol–water partition coefficient (Wildman–Crippen LogP) is 4.67. The summed E-state index contributed by atoms with van der Waals surface area (Å²) < 4.78 is 0. The molecule has 0 radical (unpaired) electrons. The zero-order chi connectivity index (χ0) is 23.5. The molecule has 0 aromatic heterocycles. The summed E-state index contributed by atoms with van der Waals surface area (Å²) in [7, 11) is 0. The van der Waals surface area contributed by atoms with Crippen LogP contribution >= 0.6 is 23.2 Å². The molecule has 0 spiro atoms. The summed E-state index contributed by atoms with van der Waals surface area (Å²) in [4.78, 5) is 38.8. The Morgan fingerprint density at radius 2 is 1.76 bits per heavy atom. The Labute approximate surface area is 202 Å². The summed E-state index contributed by atoms with van der Waals surface area (Å²) in [5.74, 6) is -1.76. The topological polar surface area (TPSA) is 86.7 Å². The van der Waals surface area contributed by atoms with Crippen LogP contribution in [0.1, 0.15) is 48.8 Å². The number of hydrogen-bond acceptors (Lipinski definition) is 3. The molecule has 1 aliphatic heterocycles. The molecule has 2 aromatic carbocycles. The molecular weight excluding hydrogens is 463 g/mol. The minimum Gasteiger partial charge on any atom is -0.480 e. The summed E-state index contributed by atoms with van der Waals surface area (Å²) in [5.41, 5.74) is 2.00. The maximum atomic E-state index is 13.6. The first kappa shape index (κ1) is 23.6. The van der Waals surface area contributed by atoms with Gasteiger partial charge in [-0.25, -0.2) is 0 Å². The number of carboxylic acids is 1. The molecule has 2 N–H and O–H groups in total. The van der Waals surface area contributed by atoms with Crippen LogP contribution in [0, 0.1) is 11.8 Å². The second-order valence-electron chi connectivity index (χ2n) is 8.90. The van der Waals surface area contributed by atoms with Gasteiger partial charge in [-0.05, 0) is 60.6 Å². The molecule has 33 heavy (non-hydrogen) atoms. The first-order chi connectivity index (χ1) is 15.8. The van der Waals surface area contributed by atoms with Crippen molar-refractivity contribution in [1.29, 1.82) is 0 Å². The van der Waals surface area contributed by atoms with Crippen LogP contribution in [0.3, 0.4) is 0 Å². The van der Waals surface area contributed by atoms with Crippen molar-refractivity contribution in [3.8, 4) is 0 Å². The molecule has 1 unspecified atom stereocenters. The molecule has 2 fully saturated rings. The summed E-state index contributed by atoms with van der Waals surface area (Å²) in [6, 6.07) is 15.0. The number of nitrogens with one attached hydrogen (secondary N) is 1.